The van der Waals surface area contributed by atoms with Crippen LogP contribution in [0.3, 0.4) is 0 Å². The highest BCUT2D eigenvalue weighted by atomic mass is 32.1. The number of aromatic carboxylic acids is 1. The normalized spacial score (nSPS) is 11.1. The van der Waals surface area contributed by atoms with Gasteiger partial charge >= 0.3 is 18.2 Å². The van der Waals surface area contributed by atoms with Gasteiger partial charge in [-0.15, -0.1) is 11.3 Å². The molecule has 0 aliphatic rings. The van der Waals surface area contributed by atoms with E-state index in [9.17, 15) is 19.5 Å². The second-order valence-corrected chi connectivity index (χ2v) is 9.64. The summed E-state index contributed by atoms with van der Waals surface area (Å²) >= 11 is 2.56. The molecule has 0 unspecified atom stereocenters. The summed E-state index contributed by atoms with van der Waals surface area (Å²) in [6.07, 6.45) is -1.67. The van der Waals surface area contributed by atoms with E-state index >= 15 is 0 Å². The van der Waals surface area contributed by atoms with Gasteiger partial charge in [0.2, 0.25) is 0 Å². The van der Waals surface area contributed by atoms with Crippen LogP contribution in [0, 0.1) is 0 Å². The number of carboxylic acid groups (broad SMARTS) is 2. The Labute approximate surface area is 177 Å². The van der Waals surface area contributed by atoms with Crippen molar-refractivity contribution in [3.8, 4) is 0 Å². The van der Waals surface area contributed by atoms with E-state index in [1.54, 1.807) is 37.6 Å². The molecule has 0 aromatic carbocycles. The van der Waals surface area contributed by atoms with Crippen molar-refractivity contribution in [2.45, 2.75) is 52.6 Å². The first-order valence-electron chi connectivity index (χ1n) is 8.58. The number of amides is 2. The fourth-order valence-electron chi connectivity index (χ4n) is 2.06. The molecular formula is C19H26N2O6S2. The molecule has 0 fully saturated rings. The number of thiophene rings is 2. The van der Waals surface area contributed by atoms with Gasteiger partial charge in [0.1, 0.15) is 10.5 Å². The Balaban J connectivity index is 0.000000387. The van der Waals surface area contributed by atoms with Crippen molar-refractivity contribution < 1.29 is 29.3 Å². The smallest absolute Gasteiger partial charge is 0.412 e. The molecule has 0 aliphatic heterocycles. The average Bonchev–Trinajstić information content (AvgIpc) is 3.14. The minimum absolute atomic E-state index is 0.112. The van der Waals surface area contributed by atoms with Gasteiger partial charge in [-0.3, -0.25) is 10.6 Å². The van der Waals surface area contributed by atoms with Crippen LogP contribution in [0.5, 0.6) is 0 Å². The van der Waals surface area contributed by atoms with Crippen LogP contribution in [0.4, 0.5) is 21.0 Å². The Morgan fingerprint density at radius 1 is 1.00 bits per heavy atom. The molecule has 8 nitrogen and oxygen atoms in total. The van der Waals surface area contributed by atoms with Gasteiger partial charge in [-0.25, -0.2) is 14.4 Å². The number of ether oxygens (including phenoxy) is 1. The van der Waals surface area contributed by atoms with Crippen LogP contribution in [0.25, 0.3) is 0 Å². The Hall–Kier alpha value is -2.59. The number of hydrogen-bond donors (Lipinski definition) is 4. The highest BCUT2D eigenvalue weighted by molar-refractivity contribution is 7.12. The molecule has 4 N–H and O–H groups in total. The molecule has 0 spiro atoms. The molecular weight excluding hydrogens is 416 g/mol. The Kier molecular flexibility index (Phi) is 8.22. The molecule has 10 heteroatoms. The largest absolute Gasteiger partial charge is 0.477 e. The van der Waals surface area contributed by atoms with E-state index in [4.69, 9.17) is 9.84 Å². The number of carboxylic acids is 1. The van der Waals surface area contributed by atoms with Gasteiger partial charge < -0.3 is 14.9 Å². The second kappa shape index (κ2) is 9.75. The van der Waals surface area contributed by atoms with E-state index in [-0.39, 0.29) is 10.3 Å². The lowest BCUT2D eigenvalue weighted by Crippen LogP contribution is -2.28. The van der Waals surface area contributed by atoms with Crippen LogP contribution >= 0.6 is 22.7 Å². The lowest BCUT2D eigenvalue weighted by atomic mass is 9.88. The van der Waals surface area contributed by atoms with Crippen LogP contribution in [0.2, 0.25) is 0 Å². The van der Waals surface area contributed by atoms with Gasteiger partial charge in [0.25, 0.3) is 0 Å². The van der Waals surface area contributed by atoms with E-state index in [1.807, 2.05) is 26.2 Å². The molecule has 160 valence electrons. The molecule has 0 saturated heterocycles. The van der Waals surface area contributed by atoms with Gasteiger partial charge in [0.15, 0.2) is 0 Å². The van der Waals surface area contributed by atoms with Crippen LogP contribution < -0.4 is 10.6 Å². The summed E-state index contributed by atoms with van der Waals surface area (Å²) in [6.45, 7) is 11.1. The van der Waals surface area contributed by atoms with E-state index in [2.05, 4.69) is 10.6 Å². The standard InChI is InChI=1S/C14H21NO4S.C5H5NO2S/c1-13(2,3)8-7-20-10(11(16)17)9(8)15-12(18)19-14(4,5)6;7-5(8)6-4-1-2-9-3-4/h7H,1-6H3,(H,15,18)(H,16,17);1-3,6H,(H,7,8). The Morgan fingerprint density at radius 2 is 1.62 bits per heavy atom. The molecule has 0 bridgehead atoms. The maximum Gasteiger partial charge on any atom is 0.412 e. The molecule has 2 aromatic heterocycles. The third kappa shape index (κ3) is 8.53. The fourth-order valence-corrected chi connectivity index (χ4v) is 3.73. The zero-order valence-electron chi connectivity index (χ0n) is 17.2. The van der Waals surface area contributed by atoms with E-state index in [0.717, 1.165) is 16.9 Å². The molecule has 0 radical (unpaired) electrons. The van der Waals surface area contributed by atoms with Crippen molar-refractivity contribution in [2.75, 3.05) is 10.6 Å². The first kappa shape index (κ1) is 24.4. The highest BCUT2D eigenvalue weighted by Gasteiger charge is 2.27. The van der Waals surface area contributed by atoms with E-state index < -0.39 is 23.8 Å². The third-order valence-corrected chi connectivity index (χ3v) is 4.84. The van der Waals surface area contributed by atoms with Crippen LogP contribution in [-0.2, 0) is 10.2 Å². The minimum atomic E-state index is -1.06. The summed E-state index contributed by atoms with van der Waals surface area (Å²) in [7, 11) is 0. The summed E-state index contributed by atoms with van der Waals surface area (Å²) in [5, 5.41) is 27.5. The monoisotopic (exact) mass is 442 g/mol. The highest BCUT2D eigenvalue weighted by Crippen LogP contribution is 2.37. The zero-order valence-corrected chi connectivity index (χ0v) is 18.8. The predicted molar refractivity (Wildman–Crippen MR) is 116 cm³/mol. The van der Waals surface area contributed by atoms with Crippen molar-refractivity contribution in [3.05, 3.63) is 32.6 Å². The number of carbonyl (C=O) groups is 3. The van der Waals surface area contributed by atoms with Gasteiger partial charge in [-0.2, -0.15) is 11.3 Å². The number of rotatable bonds is 3. The molecule has 2 heterocycles. The van der Waals surface area contributed by atoms with Crippen molar-refractivity contribution in [2.24, 2.45) is 0 Å². The van der Waals surface area contributed by atoms with Crippen molar-refractivity contribution in [3.63, 3.8) is 0 Å². The lowest BCUT2D eigenvalue weighted by Gasteiger charge is -2.23. The Bertz CT molecular complexity index is 845. The average molecular weight is 443 g/mol. The van der Waals surface area contributed by atoms with Crippen LogP contribution in [0.15, 0.2) is 22.2 Å². The van der Waals surface area contributed by atoms with Crippen molar-refractivity contribution >= 4 is 52.2 Å². The van der Waals surface area contributed by atoms with Gasteiger partial charge in [0, 0.05) is 5.38 Å². The number of nitrogens with one attached hydrogen (secondary N) is 2. The van der Waals surface area contributed by atoms with Crippen LogP contribution in [0.1, 0.15) is 56.8 Å². The molecule has 2 amide bonds. The van der Waals surface area contributed by atoms with Gasteiger partial charge in [0.05, 0.1) is 11.4 Å². The first-order chi connectivity index (χ1) is 13.2. The molecule has 2 rings (SSSR count). The first-order valence-corrected chi connectivity index (χ1v) is 10.4. The predicted octanol–water partition coefficient (Wildman–Crippen LogP) is 5.93. The van der Waals surface area contributed by atoms with Crippen molar-refractivity contribution in [1.82, 2.24) is 0 Å². The Morgan fingerprint density at radius 3 is 2.03 bits per heavy atom. The summed E-state index contributed by atoms with van der Waals surface area (Å²) in [5.74, 6) is -1.06. The molecule has 29 heavy (non-hydrogen) atoms. The minimum Gasteiger partial charge on any atom is -0.477 e. The quantitative estimate of drug-likeness (QED) is 0.467. The SMILES string of the molecule is CC(C)(C)OC(=O)Nc1c(C(C)(C)C)csc1C(=O)O.O=C(O)Nc1ccsc1. The summed E-state index contributed by atoms with van der Waals surface area (Å²) in [5.41, 5.74) is 0.836. The number of anilines is 2. The summed E-state index contributed by atoms with van der Waals surface area (Å²) in [6, 6.07) is 1.71. The summed E-state index contributed by atoms with van der Waals surface area (Å²) < 4.78 is 5.18. The molecule has 2 aromatic rings. The lowest BCUT2D eigenvalue weighted by molar-refractivity contribution is 0.0635. The van der Waals surface area contributed by atoms with Gasteiger partial charge in [-0.05, 0) is 48.6 Å². The number of hydrogen-bond acceptors (Lipinski definition) is 6. The molecule has 0 atom stereocenters. The topological polar surface area (TPSA) is 125 Å². The zero-order chi connectivity index (χ0) is 22.4. The maximum absolute atomic E-state index is 11.9. The third-order valence-electron chi connectivity index (χ3n) is 3.19. The number of carbonyl (C=O) groups excluding carboxylic acids is 1. The van der Waals surface area contributed by atoms with E-state index in [0.29, 0.717) is 11.4 Å². The molecule has 0 saturated carbocycles. The van der Waals surface area contributed by atoms with Gasteiger partial charge in [-0.1, -0.05) is 20.8 Å². The maximum atomic E-state index is 11.9. The van der Waals surface area contributed by atoms with Crippen molar-refractivity contribution in [1.29, 1.82) is 0 Å². The fraction of sp³-hybridized carbons (Fsp3) is 0.421. The van der Waals surface area contributed by atoms with E-state index in [1.165, 1.54) is 11.3 Å². The van der Waals surface area contributed by atoms with Crippen LogP contribution in [-0.4, -0.2) is 34.0 Å². The second-order valence-electron chi connectivity index (χ2n) is 7.98. The molecule has 0 aliphatic carbocycles. The summed E-state index contributed by atoms with van der Waals surface area (Å²) in [4.78, 5) is 33.2.